The van der Waals surface area contributed by atoms with Crippen LogP contribution in [0.1, 0.15) is 38.8 Å². The van der Waals surface area contributed by atoms with Crippen molar-refractivity contribution in [2.75, 3.05) is 23.9 Å². The Bertz CT molecular complexity index is 873. The minimum absolute atomic E-state index is 0.0279. The predicted octanol–water partition coefficient (Wildman–Crippen LogP) is 3.23. The van der Waals surface area contributed by atoms with E-state index < -0.39 is 0 Å². The van der Waals surface area contributed by atoms with Gasteiger partial charge in [-0.25, -0.2) is 4.98 Å². The quantitative estimate of drug-likeness (QED) is 0.636. The van der Waals surface area contributed by atoms with E-state index in [1.54, 1.807) is 0 Å². The van der Waals surface area contributed by atoms with Gasteiger partial charge in [-0.3, -0.25) is 0 Å². The number of hydrogen-bond donors (Lipinski definition) is 2. The maximum absolute atomic E-state index is 9.66. The first-order valence-electron chi connectivity index (χ1n) is 9.41. The van der Waals surface area contributed by atoms with Gasteiger partial charge in [-0.1, -0.05) is 37.3 Å². The third-order valence-electron chi connectivity index (χ3n) is 4.81. The Morgan fingerprint density at radius 2 is 1.93 bits per heavy atom. The van der Waals surface area contributed by atoms with Crippen molar-refractivity contribution >= 4 is 22.9 Å². The van der Waals surface area contributed by atoms with Gasteiger partial charge < -0.3 is 19.9 Å². The smallest absolute Gasteiger partial charge is 0.229 e. The number of aromatic nitrogens is 4. The second-order valence-electron chi connectivity index (χ2n) is 6.98. The highest BCUT2D eigenvalue weighted by atomic mass is 16.3. The number of hydrogen-bond acceptors (Lipinski definition) is 6. The molecule has 3 rings (SSSR count). The van der Waals surface area contributed by atoms with Crippen molar-refractivity contribution in [1.29, 1.82) is 0 Å². The highest BCUT2D eigenvalue weighted by molar-refractivity contribution is 5.84. The van der Waals surface area contributed by atoms with Crippen LogP contribution in [0.4, 0.5) is 11.8 Å². The van der Waals surface area contributed by atoms with Crippen LogP contribution in [0, 0.1) is 0 Å². The van der Waals surface area contributed by atoms with E-state index in [1.165, 1.54) is 5.56 Å². The molecule has 0 radical (unpaired) electrons. The molecule has 0 saturated heterocycles. The van der Waals surface area contributed by atoms with Crippen molar-refractivity contribution in [3.8, 4) is 0 Å². The van der Waals surface area contributed by atoms with E-state index in [0.29, 0.717) is 18.3 Å². The van der Waals surface area contributed by atoms with E-state index in [-0.39, 0.29) is 18.7 Å². The lowest BCUT2D eigenvalue weighted by atomic mass is 10.2. The van der Waals surface area contributed by atoms with Crippen LogP contribution < -0.4 is 10.2 Å². The van der Waals surface area contributed by atoms with Crippen LogP contribution in [-0.2, 0) is 6.54 Å². The molecular weight excluding hydrogens is 339 g/mol. The lowest BCUT2D eigenvalue weighted by Gasteiger charge is -2.26. The SMILES string of the molecule is CC[C@H](CO)N([11CH3])c1nc(NCc2ccccc2)c2ncn(C(C)C)c2n1. The van der Waals surface area contributed by atoms with Gasteiger partial charge in [0, 0.05) is 19.6 Å². The largest absolute Gasteiger partial charge is 0.394 e. The molecule has 2 N–H and O–H groups in total. The summed E-state index contributed by atoms with van der Waals surface area (Å²) in [6.45, 7) is 6.97. The molecule has 0 spiro atoms. The summed E-state index contributed by atoms with van der Waals surface area (Å²) in [6, 6.07) is 10.4. The summed E-state index contributed by atoms with van der Waals surface area (Å²) in [5, 5.41) is 13.1. The molecule has 7 nitrogen and oxygen atoms in total. The molecule has 1 atom stereocenters. The first kappa shape index (κ1) is 19.1. The molecule has 2 heterocycles. The van der Waals surface area contributed by atoms with E-state index >= 15 is 0 Å². The predicted molar refractivity (Wildman–Crippen MR) is 109 cm³/mol. The van der Waals surface area contributed by atoms with E-state index in [2.05, 4.69) is 36.3 Å². The zero-order chi connectivity index (χ0) is 19.4. The van der Waals surface area contributed by atoms with E-state index in [1.807, 2.05) is 48.0 Å². The fourth-order valence-corrected chi connectivity index (χ4v) is 3.03. The Balaban J connectivity index is 2.02. The molecule has 0 aliphatic heterocycles. The molecule has 144 valence electrons. The fourth-order valence-electron chi connectivity index (χ4n) is 3.03. The summed E-state index contributed by atoms with van der Waals surface area (Å²) in [4.78, 5) is 16.0. The molecule has 0 saturated carbocycles. The number of fused-ring (bicyclic) bond motifs is 1. The zero-order valence-electron chi connectivity index (χ0n) is 16.4. The maximum atomic E-state index is 9.66. The molecule has 0 aliphatic carbocycles. The van der Waals surface area contributed by atoms with Crippen LogP contribution in [-0.4, -0.2) is 44.3 Å². The second kappa shape index (κ2) is 8.35. The number of nitrogens with one attached hydrogen (secondary N) is 1. The molecule has 2 aromatic heterocycles. The Morgan fingerprint density at radius 1 is 1.19 bits per heavy atom. The van der Waals surface area contributed by atoms with Crippen LogP contribution in [0.15, 0.2) is 36.7 Å². The summed E-state index contributed by atoms with van der Waals surface area (Å²) < 4.78 is 2.04. The molecular formula is C20H28N6O. The van der Waals surface area contributed by atoms with E-state index in [9.17, 15) is 5.11 Å². The maximum Gasteiger partial charge on any atom is 0.229 e. The number of likely N-dealkylation sites (N-methyl/N-ethyl adjacent to an activating group) is 1. The Kier molecular flexibility index (Phi) is 5.91. The lowest BCUT2D eigenvalue weighted by molar-refractivity contribution is 0.258. The molecule has 0 amide bonds. The second-order valence-corrected chi connectivity index (χ2v) is 6.98. The first-order valence-corrected chi connectivity index (χ1v) is 9.41. The lowest BCUT2D eigenvalue weighted by Crippen LogP contribution is -2.35. The summed E-state index contributed by atoms with van der Waals surface area (Å²) in [6.07, 6.45) is 2.62. The highest BCUT2D eigenvalue weighted by Gasteiger charge is 2.20. The van der Waals surface area contributed by atoms with Gasteiger partial charge in [0.2, 0.25) is 5.95 Å². The molecule has 1 aromatic carbocycles. The Morgan fingerprint density at radius 3 is 2.56 bits per heavy atom. The van der Waals surface area contributed by atoms with Crippen molar-refractivity contribution in [2.24, 2.45) is 0 Å². The molecule has 0 aliphatic rings. The highest BCUT2D eigenvalue weighted by Crippen LogP contribution is 2.25. The third kappa shape index (κ3) is 4.03. The molecule has 0 bridgehead atoms. The molecule has 0 fully saturated rings. The van der Waals surface area contributed by atoms with Gasteiger partial charge in [0.25, 0.3) is 0 Å². The van der Waals surface area contributed by atoms with Gasteiger partial charge >= 0.3 is 0 Å². The van der Waals surface area contributed by atoms with E-state index in [4.69, 9.17) is 9.97 Å². The summed E-state index contributed by atoms with van der Waals surface area (Å²) >= 11 is 0. The normalized spacial score (nSPS) is 12.5. The van der Waals surface area contributed by atoms with Crippen molar-refractivity contribution in [2.45, 2.75) is 45.8 Å². The van der Waals surface area contributed by atoms with Crippen molar-refractivity contribution in [3.63, 3.8) is 0 Å². The van der Waals surface area contributed by atoms with Gasteiger partial charge in [-0.05, 0) is 25.8 Å². The van der Waals surface area contributed by atoms with Crippen LogP contribution in [0.3, 0.4) is 0 Å². The van der Waals surface area contributed by atoms with Crippen LogP contribution >= 0.6 is 0 Å². The molecule has 3 aromatic rings. The van der Waals surface area contributed by atoms with Crippen molar-refractivity contribution in [3.05, 3.63) is 42.2 Å². The average molecular weight is 367 g/mol. The minimum Gasteiger partial charge on any atom is -0.394 e. The summed E-state index contributed by atoms with van der Waals surface area (Å²) in [5.74, 6) is 1.29. The number of nitrogens with zero attached hydrogens (tertiary/aromatic N) is 5. The Hall–Kier alpha value is -2.67. The Labute approximate surface area is 160 Å². The molecule has 0 unspecified atom stereocenters. The number of imidazole rings is 1. The number of benzene rings is 1. The molecule has 27 heavy (non-hydrogen) atoms. The summed E-state index contributed by atoms with van der Waals surface area (Å²) in [5.41, 5.74) is 2.73. The number of rotatable bonds is 8. The van der Waals surface area contributed by atoms with Crippen LogP contribution in [0.2, 0.25) is 0 Å². The van der Waals surface area contributed by atoms with Crippen molar-refractivity contribution < 1.29 is 5.11 Å². The first-order chi connectivity index (χ1) is 13.0. The topological polar surface area (TPSA) is 79.1 Å². The van der Waals surface area contributed by atoms with Crippen molar-refractivity contribution in [1.82, 2.24) is 19.5 Å². The van der Waals surface area contributed by atoms with Gasteiger partial charge in [0.15, 0.2) is 17.0 Å². The molecule has 7 heteroatoms. The third-order valence-corrected chi connectivity index (χ3v) is 4.81. The summed E-state index contributed by atoms with van der Waals surface area (Å²) in [7, 11) is 1.92. The fraction of sp³-hybridized carbons (Fsp3) is 0.450. The standard InChI is InChI=1S/C20H28N6O/c1-5-16(12-27)25(4)20-23-18(21-11-15-9-7-6-8-10-15)17-19(24-20)26(13-22-17)14(2)3/h6-10,13-14,16,27H,5,11-12H2,1-4H3,(H,21,23,24)/t16-/m1/s1/i4-1. The minimum atomic E-state index is -0.0279. The average Bonchev–Trinajstić information content (AvgIpc) is 3.12. The van der Waals surface area contributed by atoms with Crippen LogP contribution in [0.25, 0.3) is 11.2 Å². The van der Waals surface area contributed by atoms with Gasteiger partial charge in [-0.15, -0.1) is 0 Å². The number of aliphatic hydroxyl groups excluding tert-OH is 1. The van der Waals surface area contributed by atoms with E-state index in [0.717, 1.165) is 17.6 Å². The van der Waals surface area contributed by atoms with Gasteiger partial charge in [-0.2, -0.15) is 9.97 Å². The monoisotopic (exact) mass is 367 g/mol. The zero-order valence-corrected chi connectivity index (χ0v) is 16.4. The van der Waals surface area contributed by atoms with Gasteiger partial charge in [0.1, 0.15) is 0 Å². The number of anilines is 2. The van der Waals surface area contributed by atoms with Gasteiger partial charge in [0.05, 0.1) is 19.0 Å². The number of aliphatic hydroxyl groups is 1. The van der Waals surface area contributed by atoms with Crippen LogP contribution in [0.5, 0.6) is 0 Å².